The largest absolute Gasteiger partial charge is 0.486 e. The van der Waals surface area contributed by atoms with Gasteiger partial charge in [-0.25, -0.2) is 0 Å². The van der Waals surface area contributed by atoms with Gasteiger partial charge in [0.05, 0.1) is 6.26 Å². The number of hydrogen-bond acceptors (Lipinski definition) is 4. The van der Waals surface area contributed by atoms with Gasteiger partial charge in [0.2, 0.25) is 0 Å². The Morgan fingerprint density at radius 3 is 3.00 bits per heavy atom. The summed E-state index contributed by atoms with van der Waals surface area (Å²) in [6, 6.07) is 12.2. The zero-order valence-corrected chi connectivity index (χ0v) is 11.7. The van der Waals surface area contributed by atoms with E-state index in [4.69, 9.17) is 9.15 Å². The monoisotopic (exact) mass is 275 g/mol. The summed E-state index contributed by atoms with van der Waals surface area (Å²) in [7, 11) is 0. The lowest BCUT2D eigenvalue weighted by molar-refractivity contribution is 0.155. The van der Waals surface area contributed by atoms with E-state index >= 15 is 0 Å². The van der Waals surface area contributed by atoms with Crippen LogP contribution in [0.1, 0.15) is 18.7 Å². The molecule has 0 radical (unpaired) electrons. The van der Waals surface area contributed by atoms with Crippen LogP contribution in [0.25, 0.3) is 0 Å². The smallest absolute Gasteiger partial charge is 0.133 e. The number of benzene rings is 1. The van der Waals surface area contributed by atoms with Gasteiger partial charge < -0.3 is 14.5 Å². The van der Waals surface area contributed by atoms with Gasteiger partial charge in [0.25, 0.3) is 0 Å². The number of furan rings is 1. The van der Waals surface area contributed by atoms with Gasteiger partial charge in [-0.3, -0.25) is 0 Å². The fourth-order valence-electron chi connectivity index (χ4n) is 2.30. The molecule has 0 fully saturated rings. The Morgan fingerprint density at radius 2 is 2.21 bits per heavy atom. The number of fused-ring (bicyclic) bond motifs is 1. The van der Waals surface area contributed by atoms with Gasteiger partial charge in [0, 0.05) is 10.6 Å². The summed E-state index contributed by atoms with van der Waals surface area (Å²) in [6.45, 7) is 2.98. The summed E-state index contributed by atoms with van der Waals surface area (Å²) in [6.07, 6.45) is 1.80. The highest BCUT2D eigenvalue weighted by atomic mass is 32.2. The van der Waals surface area contributed by atoms with Crippen LogP contribution in [-0.2, 0) is 0 Å². The summed E-state index contributed by atoms with van der Waals surface area (Å²) < 4.78 is 11.7. The third kappa shape index (κ3) is 2.65. The highest BCUT2D eigenvalue weighted by Crippen LogP contribution is 2.38. The molecule has 0 saturated carbocycles. The summed E-state index contributed by atoms with van der Waals surface area (Å²) in [5, 5.41) is 3.45. The Labute approximate surface area is 117 Å². The van der Waals surface area contributed by atoms with Crippen molar-refractivity contribution in [2.24, 2.45) is 0 Å². The molecule has 0 saturated heterocycles. The first kappa shape index (κ1) is 12.6. The van der Waals surface area contributed by atoms with Crippen LogP contribution in [0.4, 0.5) is 0 Å². The minimum absolute atomic E-state index is 0.0889. The molecule has 1 N–H and O–H groups in total. The molecule has 3 nitrogen and oxygen atoms in total. The molecule has 2 atom stereocenters. The van der Waals surface area contributed by atoms with Crippen molar-refractivity contribution in [1.29, 1.82) is 0 Å². The van der Waals surface area contributed by atoms with Gasteiger partial charge in [-0.05, 0) is 30.8 Å². The fourth-order valence-corrected chi connectivity index (χ4v) is 3.34. The number of likely N-dealkylation sites (N-methyl/N-ethyl adjacent to an activating group) is 1. The first-order valence-electron chi connectivity index (χ1n) is 6.53. The highest BCUT2D eigenvalue weighted by Gasteiger charge is 2.30. The Hall–Kier alpha value is -1.39. The number of rotatable bonds is 4. The highest BCUT2D eigenvalue weighted by molar-refractivity contribution is 7.99. The molecule has 0 aliphatic carbocycles. The van der Waals surface area contributed by atoms with Crippen molar-refractivity contribution < 1.29 is 9.15 Å². The molecule has 2 aromatic rings. The zero-order valence-electron chi connectivity index (χ0n) is 10.8. The normalized spacial score (nSPS) is 19.5. The maximum atomic E-state index is 6.13. The van der Waals surface area contributed by atoms with Gasteiger partial charge in [0.15, 0.2) is 0 Å². The molecule has 1 aliphatic heterocycles. The van der Waals surface area contributed by atoms with E-state index in [-0.39, 0.29) is 12.1 Å². The van der Waals surface area contributed by atoms with Crippen LogP contribution in [0, 0.1) is 0 Å². The molecular formula is C15H17NO2S. The van der Waals surface area contributed by atoms with Crippen LogP contribution in [-0.4, -0.2) is 18.4 Å². The molecule has 1 aromatic carbocycles. The average Bonchev–Trinajstić information content (AvgIpc) is 2.98. The van der Waals surface area contributed by atoms with Crippen molar-refractivity contribution in [2.45, 2.75) is 24.0 Å². The van der Waals surface area contributed by atoms with E-state index in [0.29, 0.717) is 0 Å². The third-order valence-electron chi connectivity index (χ3n) is 3.18. The third-order valence-corrected chi connectivity index (χ3v) is 4.32. The number of para-hydroxylation sites is 1. The molecule has 2 unspecified atom stereocenters. The molecule has 1 aromatic heterocycles. The predicted molar refractivity (Wildman–Crippen MR) is 76.7 cm³/mol. The quantitative estimate of drug-likeness (QED) is 0.926. The maximum absolute atomic E-state index is 6.13. The Kier molecular flexibility index (Phi) is 3.80. The van der Waals surface area contributed by atoms with E-state index in [1.165, 1.54) is 4.90 Å². The van der Waals surface area contributed by atoms with Gasteiger partial charge in [-0.1, -0.05) is 19.1 Å². The zero-order chi connectivity index (χ0) is 13.1. The van der Waals surface area contributed by atoms with Crippen LogP contribution in [0.3, 0.4) is 0 Å². The number of hydrogen-bond donors (Lipinski definition) is 1. The van der Waals surface area contributed by atoms with Crippen LogP contribution >= 0.6 is 11.8 Å². The van der Waals surface area contributed by atoms with E-state index in [9.17, 15) is 0 Å². The second kappa shape index (κ2) is 5.72. The number of thioether (sulfide) groups is 1. The lowest BCUT2D eigenvalue weighted by atomic mass is 10.1. The molecule has 0 spiro atoms. The SMILES string of the molecule is CCNC(c1ccco1)C1CSc2ccccc2O1. The lowest BCUT2D eigenvalue weighted by Gasteiger charge is -2.31. The molecule has 4 heteroatoms. The first-order valence-corrected chi connectivity index (χ1v) is 7.52. The van der Waals surface area contributed by atoms with Crippen LogP contribution < -0.4 is 10.1 Å². The van der Waals surface area contributed by atoms with Crippen LogP contribution in [0.5, 0.6) is 5.75 Å². The average molecular weight is 275 g/mol. The summed E-state index contributed by atoms with van der Waals surface area (Å²) >= 11 is 1.84. The van der Waals surface area contributed by atoms with E-state index < -0.39 is 0 Å². The lowest BCUT2D eigenvalue weighted by Crippen LogP contribution is -2.38. The topological polar surface area (TPSA) is 34.4 Å². The Balaban J connectivity index is 1.82. The standard InChI is InChI=1S/C15H17NO2S/c1-2-16-15(12-7-5-9-17-12)13-10-19-14-8-4-3-6-11(14)18-13/h3-9,13,15-16H,2,10H2,1H3. The van der Waals surface area contributed by atoms with E-state index in [0.717, 1.165) is 23.8 Å². The van der Waals surface area contributed by atoms with Gasteiger partial charge in [-0.2, -0.15) is 0 Å². The predicted octanol–water partition coefficient (Wildman–Crippen LogP) is 3.48. The van der Waals surface area contributed by atoms with Crippen LogP contribution in [0.15, 0.2) is 52.0 Å². The summed E-state index contributed by atoms with van der Waals surface area (Å²) in [5.74, 6) is 2.83. The van der Waals surface area contributed by atoms with Crippen molar-refractivity contribution in [3.05, 3.63) is 48.4 Å². The Morgan fingerprint density at radius 1 is 1.32 bits per heavy atom. The van der Waals surface area contributed by atoms with Gasteiger partial charge in [0.1, 0.15) is 23.7 Å². The van der Waals surface area contributed by atoms with Gasteiger partial charge >= 0.3 is 0 Å². The fraction of sp³-hybridized carbons (Fsp3) is 0.333. The Bertz CT molecular complexity index is 527. The van der Waals surface area contributed by atoms with Crippen molar-refractivity contribution in [3.63, 3.8) is 0 Å². The van der Waals surface area contributed by atoms with Crippen molar-refractivity contribution in [1.82, 2.24) is 5.32 Å². The van der Waals surface area contributed by atoms with Crippen molar-refractivity contribution >= 4 is 11.8 Å². The van der Waals surface area contributed by atoms with E-state index in [1.807, 2.05) is 42.1 Å². The minimum atomic E-state index is 0.0889. The van der Waals surface area contributed by atoms with Crippen LogP contribution in [0.2, 0.25) is 0 Å². The second-order valence-electron chi connectivity index (χ2n) is 4.46. The molecule has 0 bridgehead atoms. The second-order valence-corrected chi connectivity index (χ2v) is 5.53. The molecule has 100 valence electrons. The minimum Gasteiger partial charge on any atom is -0.486 e. The molecule has 0 amide bonds. The number of ether oxygens (including phenoxy) is 1. The molecule has 3 rings (SSSR count). The van der Waals surface area contributed by atoms with Crippen molar-refractivity contribution in [3.8, 4) is 5.75 Å². The molecule has 2 heterocycles. The van der Waals surface area contributed by atoms with E-state index in [2.05, 4.69) is 18.3 Å². The number of nitrogens with one attached hydrogen (secondary N) is 1. The maximum Gasteiger partial charge on any atom is 0.133 e. The molecular weight excluding hydrogens is 258 g/mol. The first-order chi connectivity index (χ1) is 9.38. The van der Waals surface area contributed by atoms with Crippen molar-refractivity contribution in [2.75, 3.05) is 12.3 Å². The molecule has 1 aliphatic rings. The summed E-state index contributed by atoms with van der Waals surface area (Å²) in [4.78, 5) is 1.22. The summed E-state index contributed by atoms with van der Waals surface area (Å²) in [5.41, 5.74) is 0. The molecule has 19 heavy (non-hydrogen) atoms. The van der Waals surface area contributed by atoms with E-state index in [1.54, 1.807) is 6.26 Å². The van der Waals surface area contributed by atoms with Gasteiger partial charge in [-0.15, -0.1) is 11.8 Å².